The van der Waals surface area contributed by atoms with Crippen LogP contribution in [0.25, 0.3) is 11.0 Å². The number of hydrogen-bond donors (Lipinski definition) is 0. The van der Waals surface area contributed by atoms with Crippen molar-refractivity contribution >= 4 is 28.3 Å². The Morgan fingerprint density at radius 3 is 2.58 bits per heavy atom. The molecule has 1 aliphatic heterocycles. The molecule has 6 rings (SSSR count). The molecule has 3 aromatic rings. The van der Waals surface area contributed by atoms with Gasteiger partial charge in [0, 0.05) is 29.8 Å². The van der Waals surface area contributed by atoms with Crippen molar-refractivity contribution in [1.82, 2.24) is 9.97 Å². The fraction of sp³-hybridized carbons (Fsp3) is 0.423. The van der Waals surface area contributed by atoms with Crippen LogP contribution in [0.5, 0.6) is 0 Å². The molecular weight excluding hydrogens is 416 g/mol. The van der Waals surface area contributed by atoms with Gasteiger partial charge < -0.3 is 4.90 Å². The molecule has 2 bridgehead atoms. The maximum absolute atomic E-state index is 14.5. The van der Waals surface area contributed by atoms with E-state index in [1.54, 1.807) is 6.07 Å². The monoisotopic (exact) mass is 442 g/mol. The smallest absolute Gasteiger partial charge is 0.271 e. The molecule has 7 nitrogen and oxygen atoms in total. The van der Waals surface area contributed by atoms with E-state index >= 15 is 0 Å². The van der Waals surface area contributed by atoms with Crippen LogP contribution < -0.4 is 4.90 Å². The zero-order valence-electron chi connectivity index (χ0n) is 19.1. The average molecular weight is 443 g/mol. The Labute approximate surface area is 192 Å². The lowest BCUT2D eigenvalue weighted by Gasteiger charge is -2.43. The largest absolute Gasteiger partial charge is 0.311 e. The van der Waals surface area contributed by atoms with E-state index < -0.39 is 15.8 Å². The van der Waals surface area contributed by atoms with Crippen LogP contribution in [0.15, 0.2) is 42.5 Å². The molecule has 1 aromatic heterocycles. The normalized spacial score (nSPS) is 26.8. The van der Waals surface area contributed by atoms with E-state index in [-0.39, 0.29) is 17.0 Å². The second-order valence-corrected chi connectivity index (χ2v) is 10.4. The van der Waals surface area contributed by atoms with E-state index in [0.717, 1.165) is 30.6 Å². The van der Waals surface area contributed by atoms with Crippen molar-refractivity contribution in [3.8, 4) is 0 Å². The van der Waals surface area contributed by atoms with Crippen LogP contribution in [0.3, 0.4) is 0 Å². The summed E-state index contributed by atoms with van der Waals surface area (Å²) >= 11 is 0. The Morgan fingerprint density at radius 2 is 1.79 bits per heavy atom. The summed E-state index contributed by atoms with van der Waals surface area (Å²) in [7, 11) is 0. The summed E-state index contributed by atoms with van der Waals surface area (Å²) < 4.78 is 0. The van der Waals surface area contributed by atoms with Crippen molar-refractivity contribution in [3.63, 3.8) is 0 Å². The number of fused-ring (bicyclic) bond motifs is 7. The summed E-state index contributed by atoms with van der Waals surface area (Å²) in [5, 5.41) is 11.4. The van der Waals surface area contributed by atoms with Crippen LogP contribution in [0, 0.1) is 15.5 Å². The van der Waals surface area contributed by atoms with Crippen molar-refractivity contribution in [2.45, 2.75) is 57.3 Å². The zero-order valence-corrected chi connectivity index (χ0v) is 19.1. The van der Waals surface area contributed by atoms with Crippen molar-refractivity contribution in [3.05, 3.63) is 69.5 Å². The molecule has 2 aliphatic carbocycles. The van der Waals surface area contributed by atoms with Gasteiger partial charge in [-0.2, -0.15) is 0 Å². The van der Waals surface area contributed by atoms with Gasteiger partial charge in [-0.05, 0) is 48.8 Å². The first-order chi connectivity index (χ1) is 15.7. The Hall–Kier alpha value is -3.35. The molecule has 33 heavy (non-hydrogen) atoms. The molecule has 168 valence electrons. The van der Waals surface area contributed by atoms with Crippen LogP contribution in [-0.4, -0.2) is 27.3 Å². The van der Waals surface area contributed by atoms with Crippen molar-refractivity contribution in [2.75, 3.05) is 11.4 Å². The van der Waals surface area contributed by atoms with Gasteiger partial charge in [-0.25, -0.2) is 9.97 Å². The number of rotatable bonds is 2. The standard InChI is InChI=1S/C26H26N4O3/c1-24(2)25(3)12-13-26(24,23(31)29-14-6-8-16-7-4-5-9-20(16)29)22-21(25)27-18-11-10-17(30(32)33)15-19(18)28-22/h4-5,7,9-11,15H,6,8,12-14H2,1-3H3. The Kier molecular flexibility index (Phi) is 3.91. The van der Waals surface area contributed by atoms with Crippen LogP contribution >= 0.6 is 0 Å². The van der Waals surface area contributed by atoms with E-state index in [0.29, 0.717) is 29.7 Å². The first kappa shape index (κ1) is 20.3. The van der Waals surface area contributed by atoms with Gasteiger partial charge in [0.15, 0.2) is 0 Å². The van der Waals surface area contributed by atoms with Gasteiger partial charge in [0.2, 0.25) is 5.91 Å². The number of anilines is 1. The lowest BCUT2D eigenvalue weighted by atomic mass is 9.63. The highest BCUT2D eigenvalue weighted by molar-refractivity contribution is 6.04. The second kappa shape index (κ2) is 6.37. The van der Waals surface area contributed by atoms with E-state index in [1.165, 1.54) is 17.7 Å². The van der Waals surface area contributed by atoms with E-state index in [1.807, 2.05) is 23.1 Å². The highest BCUT2D eigenvalue weighted by atomic mass is 16.6. The third-order valence-electron chi connectivity index (χ3n) is 8.95. The molecule has 0 saturated heterocycles. The number of amides is 1. The Balaban J connectivity index is 1.58. The van der Waals surface area contributed by atoms with Crippen LogP contribution in [-0.2, 0) is 22.0 Å². The van der Waals surface area contributed by atoms with E-state index in [4.69, 9.17) is 9.97 Å². The van der Waals surface area contributed by atoms with Gasteiger partial charge in [0.05, 0.1) is 32.8 Å². The molecule has 0 spiro atoms. The first-order valence-electron chi connectivity index (χ1n) is 11.6. The van der Waals surface area contributed by atoms with Crippen LogP contribution in [0.2, 0.25) is 0 Å². The topological polar surface area (TPSA) is 89.2 Å². The number of nitro groups is 1. The minimum Gasteiger partial charge on any atom is -0.311 e. The maximum atomic E-state index is 14.5. The van der Waals surface area contributed by atoms with Crippen LogP contribution in [0.4, 0.5) is 11.4 Å². The number of nitro benzene ring substituents is 1. The molecular formula is C26H26N4O3. The van der Waals surface area contributed by atoms with Gasteiger partial charge >= 0.3 is 0 Å². The first-order valence-corrected chi connectivity index (χ1v) is 11.6. The van der Waals surface area contributed by atoms with Crippen molar-refractivity contribution in [1.29, 1.82) is 0 Å². The number of carbonyl (C=O) groups excluding carboxylic acids is 1. The fourth-order valence-corrected chi connectivity index (χ4v) is 6.65. The average Bonchev–Trinajstić information content (AvgIpc) is 3.11. The fourth-order valence-electron chi connectivity index (χ4n) is 6.65. The number of nitrogens with zero attached hydrogens (tertiary/aromatic N) is 4. The minimum atomic E-state index is -0.812. The summed E-state index contributed by atoms with van der Waals surface area (Å²) in [6.07, 6.45) is 3.47. The number of hydrogen-bond acceptors (Lipinski definition) is 5. The Bertz CT molecular complexity index is 1370. The van der Waals surface area contributed by atoms with Gasteiger partial charge in [-0.3, -0.25) is 14.9 Å². The van der Waals surface area contributed by atoms with E-state index in [9.17, 15) is 14.9 Å². The highest BCUT2D eigenvalue weighted by Crippen LogP contribution is 2.70. The summed E-state index contributed by atoms with van der Waals surface area (Å²) in [4.78, 5) is 37.3. The molecule has 0 radical (unpaired) electrons. The predicted molar refractivity (Wildman–Crippen MR) is 125 cm³/mol. The summed E-state index contributed by atoms with van der Waals surface area (Å²) in [6.45, 7) is 7.23. The molecule has 7 heteroatoms. The molecule has 1 amide bonds. The molecule has 1 saturated carbocycles. The lowest BCUT2D eigenvalue weighted by molar-refractivity contribution is -0.384. The molecule has 2 atom stereocenters. The summed E-state index contributed by atoms with van der Waals surface area (Å²) in [6, 6.07) is 12.8. The summed E-state index contributed by atoms with van der Waals surface area (Å²) in [5.74, 6) is 0.0844. The number of aromatic nitrogens is 2. The maximum Gasteiger partial charge on any atom is 0.271 e. The summed E-state index contributed by atoms with van der Waals surface area (Å²) in [5.41, 5.74) is 3.36. The number of para-hydroxylation sites is 1. The number of aryl methyl sites for hydroxylation is 1. The zero-order chi connectivity index (χ0) is 23.2. The molecule has 2 unspecified atom stereocenters. The molecule has 1 fully saturated rings. The minimum absolute atomic E-state index is 0.0179. The van der Waals surface area contributed by atoms with Gasteiger partial charge in [-0.1, -0.05) is 39.0 Å². The third kappa shape index (κ3) is 2.32. The quantitative estimate of drug-likeness (QED) is 0.418. The van der Waals surface area contributed by atoms with Gasteiger partial charge in [-0.15, -0.1) is 0 Å². The number of benzene rings is 2. The SMILES string of the molecule is CC12CCC(C(=O)N3CCCc4ccccc43)(c3nc4cc([N+](=O)[O-])ccc4nc31)C2(C)C. The highest BCUT2D eigenvalue weighted by Gasteiger charge is 2.73. The lowest BCUT2D eigenvalue weighted by Crippen LogP contribution is -2.54. The van der Waals surface area contributed by atoms with Gasteiger partial charge in [0.25, 0.3) is 5.69 Å². The van der Waals surface area contributed by atoms with Gasteiger partial charge in [0.1, 0.15) is 0 Å². The molecule has 0 N–H and O–H groups in total. The van der Waals surface area contributed by atoms with Crippen LogP contribution in [0.1, 0.15) is 57.0 Å². The number of non-ortho nitro benzene ring substituents is 1. The predicted octanol–water partition coefficient (Wildman–Crippen LogP) is 4.85. The van der Waals surface area contributed by atoms with Crippen molar-refractivity contribution in [2.24, 2.45) is 5.41 Å². The van der Waals surface area contributed by atoms with Crippen molar-refractivity contribution < 1.29 is 9.72 Å². The number of carbonyl (C=O) groups is 1. The molecule has 2 heterocycles. The Morgan fingerprint density at radius 1 is 1.03 bits per heavy atom. The van der Waals surface area contributed by atoms with E-state index in [2.05, 4.69) is 26.8 Å². The molecule has 2 aromatic carbocycles. The molecule has 3 aliphatic rings. The second-order valence-electron chi connectivity index (χ2n) is 10.4. The third-order valence-corrected chi connectivity index (χ3v) is 8.95.